The van der Waals surface area contributed by atoms with Crippen molar-refractivity contribution >= 4 is 11.4 Å². The van der Waals surface area contributed by atoms with Crippen LogP contribution in [-0.2, 0) is 0 Å². The van der Waals surface area contributed by atoms with Gasteiger partial charge in [-0.05, 0) is 30.3 Å². The molecule has 0 aliphatic rings. The van der Waals surface area contributed by atoms with Crippen molar-refractivity contribution in [3.8, 4) is 12.1 Å². The Morgan fingerprint density at radius 2 is 1.78 bits per heavy atom. The number of nitrogens with zero attached hydrogens (tertiary/aromatic N) is 2. The molecule has 86 valence electrons. The monoisotopic (exact) mass is 237 g/mol. The van der Waals surface area contributed by atoms with Crippen LogP contribution in [0.1, 0.15) is 11.1 Å². The Morgan fingerprint density at radius 1 is 1.00 bits per heavy atom. The highest BCUT2D eigenvalue weighted by molar-refractivity contribution is 5.67. The van der Waals surface area contributed by atoms with Crippen molar-refractivity contribution in [1.82, 2.24) is 0 Å². The molecule has 0 unspecified atom stereocenters. The Balaban J connectivity index is 2.38. The highest BCUT2D eigenvalue weighted by Crippen LogP contribution is 2.22. The second kappa shape index (κ2) is 4.99. The van der Waals surface area contributed by atoms with Crippen LogP contribution in [0.25, 0.3) is 0 Å². The number of rotatable bonds is 2. The fourth-order valence-electron chi connectivity index (χ4n) is 1.56. The van der Waals surface area contributed by atoms with Gasteiger partial charge in [0, 0.05) is 5.69 Å². The molecule has 4 heteroatoms. The summed E-state index contributed by atoms with van der Waals surface area (Å²) >= 11 is 0. The van der Waals surface area contributed by atoms with E-state index in [1.165, 1.54) is 12.1 Å². The van der Waals surface area contributed by atoms with Gasteiger partial charge in [0.15, 0.2) is 0 Å². The molecule has 18 heavy (non-hydrogen) atoms. The Morgan fingerprint density at radius 3 is 2.50 bits per heavy atom. The van der Waals surface area contributed by atoms with Crippen LogP contribution in [0.15, 0.2) is 42.5 Å². The van der Waals surface area contributed by atoms with Crippen molar-refractivity contribution in [3.05, 3.63) is 59.4 Å². The number of hydrogen-bond donors (Lipinski definition) is 1. The fraction of sp³-hybridized carbons (Fsp3) is 0. The van der Waals surface area contributed by atoms with Crippen molar-refractivity contribution in [3.63, 3.8) is 0 Å². The van der Waals surface area contributed by atoms with Gasteiger partial charge < -0.3 is 5.32 Å². The van der Waals surface area contributed by atoms with E-state index in [2.05, 4.69) is 5.32 Å². The van der Waals surface area contributed by atoms with E-state index in [1.54, 1.807) is 30.3 Å². The molecule has 2 aromatic rings. The lowest BCUT2D eigenvalue weighted by atomic mass is 10.1. The lowest BCUT2D eigenvalue weighted by molar-refractivity contribution is 0.624. The topological polar surface area (TPSA) is 59.6 Å². The molecule has 0 fully saturated rings. The largest absolute Gasteiger partial charge is 0.354 e. The maximum Gasteiger partial charge on any atom is 0.143 e. The highest BCUT2D eigenvalue weighted by Gasteiger charge is 2.07. The first-order valence-corrected chi connectivity index (χ1v) is 5.20. The van der Waals surface area contributed by atoms with Crippen LogP contribution in [0.4, 0.5) is 15.8 Å². The number of nitrogens with one attached hydrogen (secondary N) is 1. The predicted molar refractivity (Wildman–Crippen MR) is 65.6 cm³/mol. The molecule has 1 N–H and O–H groups in total. The Bertz CT molecular complexity index is 665. The second-order valence-electron chi connectivity index (χ2n) is 3.59. The molecular formula is C14H8FN3. The smallest absolute Gasteiger partial charge is 0.143 e. The lowest BCUT2D eigenvalue weighted by Gasteiger charge is -2.08. The summed E-state index contributed by atoms with van der Waals surface area (Å²) in [5.41, 5.74) is 1.47. The summed E-state index contributed by atoms with van der Waals surface area (Å²) in [4.78, 5) is 0. The molecule has 0 saturated heterocycles. The summed E-state index contributed by atoms with van der Waals surface area (Å²) in [5, 5.41) is 20.6. The van der Waals surface area contributed by atoms with E-state index in [9.17, 15) is 4.39 Å². The number of halogens is 1. The van der Waals surface area contributed by atoms with Crippen molar-refractivity contribution in [1.29, 1.82) is 10.5 Å². The first-order valence-electron chi connectivity index (χ1n) is 5.20. The van der Waals surface area contributed by atoms with Crippen molar-refractivity contribution in [2.24, 2.45) is 0 Å². The maximum atomic E-state index is 13.4. The highest BCUT2D eigenvalue weighted by atomic mass is 19.1. The number of nitriles is 2. The van der Waals surface area contributed by atoms with Crippen LogP contribution in [0.2, 0.25) is 0 Å². The molecule has 0 aliphatic carbocycles. The Hall–Kier alpha value is -2.85. The van der Waals surface area contributed by atoms with Gasteiger partial charge in [-0.25, -0.2) is 4.39 Å². The standard InChI is InChI=1S/C14H8FN3/c15-13-5-2-6-14(12(13)9-17)18-11-4-1-3-10(7-11)8-16/h1-7,18H. The quantitative estimate of drug-likeness (QED) is 0.871. The summed E-state index contributed by atoms with van der Waals surface area (Å²) in [7, 11) is 0. The zero-order valence-electron chi connectivity index (χ0n) is 9.31. The summed E-state index contributed by atoms with van der Waals surface area (Å²) in [5.74, 6) is -0.570. The van der Waals surface area contributed by atoms with Gasteiger partial charge in [0.2, 0.25) is 0 Å². The van der Waals surface area contributed by atoms with E-state index >= 15 is 0 Å². The zero-order valence-corrected chi connectivity index (χ0v) is 9.31. The molecule has 0 amide bonds. The number of hydrogen-bond acceptors (Lipinski definition) is 3. The van der Waals surface area contributed by atoms with Crippen LogP contribution >= 0.6 is 0 Å². The molecule has 3 nitrogen and oxygen atoms in total. The third kappa shape index (κ3) is 2.28. The van der Waals surface area contributed by atoms with E-state index in [-0.39, 0.29) is 5.56 Å². The minimum absolute atomic E-state index is 0.0418. The fourth-order valence-corrected chi connectivity index (χ4v) is 1.56. The zero-order chi connectivity index (χ0) is 13.0. The van der Waals surface area contributed by atoms with Crippen LogP contribution in [-0.4, -0.2) is 0 Å². The molecule has 0 saturated carbocycles. The van der Waals surface area contributed by atoms with Crippen LogP contribution in [0, 0.1) is 28.5 Å². The number of anilines is 2. The molecule has 0 radical (unpaired) electrons. The summed E-state index contributed by atoms with van der Waals surface area (Å²) in [6.07, 6.45) is 0. The molecule has 0 aromatic heterocycles. The second-order valence-corrected chi connectivity index (χ2v) is 3.59. The lowest BCUT2D eigenvalue weighted by Crippen LogP contribution is -1.96. The Kier molecular flexibility index (Phi) is 3.22. The maximum absolute atomic E-state index is 13.4. The van der Waals surface area contributed by atoms with Gasteiger partial charge in [0.1, 0.15) is 17.4 Å². The molecule has 0 atom stereocenters. The van der Waals surface area contributed by atoms with E-state index in [0.717, 1.165) is 0 Å². The van der Waals surface area contributed by atoms with Gasteiger partial charge in [-0.1, -0.05) is 12.1 Å². The van der Waals surface area contributed by atoms with Gasteiger partial charge in [-0.15, -0.1) is 0 Å². The molecule has 0 aliphatic heterocycles. The molecule has 2 aromatic carbocycles. The molecule has 0 heterocycles. The first-order chi connectivity index (χ1) is 8.74. The summed E-state index contributed by atoms with van der Waals surface area (Å²) in [6, 6.07) is 14.9. The number of benzene rings is 2. The van der Waals surface area contributed by atoms with Gasteiger partial charge in [0.25, 0.3) is 0 Å². The third-order valence-corrected chi connectivity index (χ3v) is 2.40. The van der Waals surface area contributed by atoms with Crippen molar-refractivity contribution in [2.45, 2.75) is 0 Å². The predicted octanol–water partition coefficient (Wildman–Crippen LogP) is 3.31. The van der Waals surface area contributed by atoms with E-state index < -0.39 is 5.82 Å². The molecule has 2 rings (SSSR count). The normalized spacial score (nSPS) is 9.28. The SMILES string of the molecule is N#Cc1cccc(Nc2cccc(F)c2C#N)c1. The van der Waals surface area contributed by atoms with Gasteiger partial charge in [-0.2, -0.15) is 10.5 Å². The average Bonchev–Trinajstić information content (AvgIpc) is 2.39. The van der Waals surface area contributed by atoms with Gasteiger partial charge in [0.05, 0.1) is 17.3 Å². The van der Waals surface area contributed by atoms with Crippen LogP contribution < -0.4 is 5.32 Å². The third-order valence-electron chi connectivity index (χ3n) is 2.40. The molecular weight excluding hydrogens is 229 g/mol. The van der Waals surface area contributed by atoms with E-state index in [1.807, 2.05) is 12.1 Å². The van der Waals surface area contributed by atoms with Crippen molar-refractivity contribution < 1.29 is 4.39 Å². The van der Waals surface area contributed by atoms with Crippen LogP contribution in [0.5, 0.6) is 0 Å². The minimum atomic E-state index is -0.570. The summed E-state index contributed by atoms with van der Waals surface area (Å²) in [6.45, 7) is 0. The van der Waals surface area contributed by atoms with Crippen LogP contribution in [0.3, 0.4) is 0 Å². The van der Waals surface area contributed by atoms with Crippen molar-refractivity contribution in [2.75, 3.05) is 5.32 Å². The minimum Gasteiger partial charge on any atom is -0.354 e. The van der Waals surface area contributed by atoms with Gasteiger partial charge >= 0.3 is 0 Å². The molecule has 0 bridgehead atoms. The summed E-state index contributed by atoms with van der Waals surface area (Å²) < 4.78 is 13.4. The van der Waals surface area contributed by atoms with E-state index in [0.29, 0.717) is 16.9 Å². The first kappa shape index (κ1) is 11.6. The van der Waals surface area contributed by atoms with Gasteiger partial charge in [-0.3, -0.25) is 0 Å². The Labute approximate surface area is 104 Å². The van der Waals surface area contributed by atoms with E-state index in [4.69, 9.17) is 10.5 Å². The average molecular weight is 237 g/mol. The molecule has 0 spiro atoms.